The Hall–Kier alpha value is -0.950. The molecule has 0 aromatic rings. The van der Waals surface area contributed by atoms with Gasteiger partial charge in [-0.25, -0.2) is 17.6 Å². The molecule has 21 heavy (non-hydrogen) atoms. The summed E-state index contributed by atoms with van der Waals surface area (Å²) in [6, 6.07) is 0. The largest absolute Gasteiger partial charge is 0.443 e. The first-order valence-corrected chi connectivity index (χ1v) is 8.77. The van der Waals surface area contributed by atoms with E-state index in [1.54, 1.807) is 0 Å². The number of sulfonamides is 1. The Labute approximate surface area is 127 Å². The van der Waals surface area contributed by atoms with Crippen LogP contribution in [-0.2, 0) is 19.6 Å². The van der Waals surface area contributed by atoms with Crippen molar-refractivity contribution in [3.8, 4) is 0 Å². The molecule has 2 unspecified atom stereocenters. The first kappa shape index (κ1) is 20.1. The molecule has 2 atom stereocenters. The predicted molar refractivity (Wildman–Crippen MR) is 80.7 cm³/mol. The minimum atomic E-state index is -4.15. The summed E-state index contributed by atoms with van der Waals surface area (Å²) >= 11 is 0. The Morgan fingerprint density at radius 3 is 2.38 bits per heavy atom. The van der Waals surface area contributed by atoms with Crippen molar-refractivity contribution in [1.29, 1.82) is 0 Å². The van der Waals surface area contributed by atoms with Crippen molar-refractivity contribution in [3.63, 3.8) is 0 Å². The van der Waals surface area contributed by atoms with Crippen LogP contribution in [0.1, 0.15) is 59.3 Å². The Morgan fingerprint density at radius 2 is 1.86 bits per heavy atom. The molecule has 0 aromatic carbocycles. The van der Waals surface area contributed by atoms with Crippen molar-refractivity contribution >= 4 is 16.0 Å². The number of halogens is 1. The lowest BCUT2D eigenvalue weighted by molar-refractivity contribution is -0.143. The van der Waals surface area contributed by atoms with E-state index >= 15 is 0 Å². The van der Waals surface area contributed by atoms with E-state index in [1.807, 2.05) is 4.72 Å². The third-order valence-corrected chi connectivity index (χ3v) is 4.40. The quantitative estimate of drug-likeness (QED) is 0.274. The van der Waals surface area contributed by atoms with Gasteiger partial charge in [0.2, 0.25) is 15.5 Å². The molecule has 0 aliphatic carbocycles. The number of ether oxygens (including phenoxy) is 1. The predicted octanol–water partition coefficient (Wildman–Crippen LogP) is 3.03. The van der Waals surface area contributed by atoms with Gasteiger partial charge in [-0.05, 0) is 26.7 Å². The fourth-order valence-electron chi connectivity index (χ4n) is 1.65. The molecule has 0 heterocycles. The van der Waals surface area contributed by atoms with Crippen LogP contribution in [0.4, 0.5) is 4.39 Å². The van der Waals surface area contributed by atoms with E-state index in [-0.39, 0.29) is 12.0 Å². The zero-order chi connectivity index (χ0) is 16.5. The summed E-state index contributed by atoms with van der Waals surface area (Å²) in [7, 11) is -4.15. The summed E-state index contributed by atoms with van der Waals surface area (Å²) in [4.78, 5) is 11.2. The van der Waals surface area contributed by atoms with Gasteiger partial charge < -0.3 is 4.74 Å². The standard InChI is InChI=1S/C14H26FNO4S/c1-5-6-7-8-9-10-13(15)21(18,19)16-12(4)20-14(17)11(2)3/h12-13,16H,2,5-10H2,1,3-4H3. The zero-order valence-electron chi connectivity index (χ0n) is 13.0. The number of nitrogens with one attached hydrogen (secondary N) is 1. The van der Waals surface area contributed by atoms with E-state index in [2.05, 4.69) is 13.5 Å². The number of esters is 1. The van der Waals surface area contributed by atoms with Gasteiger partial charge in [-0.15, -0.1) is 0 Å². The fraction of sp³-hybridized carbons (Fsp3) is 0.786. The summed E-state index contributed by atoms with van der Waals surface area (Å²) < 4.78 is 43.9. The summed E-state index contributed by atoms with van der Waals surface area (Å²) in [5.74, 6) is -0.722. The minimum Gasteiger partial charge on any atom is -0.443 e. The third-order valence-electron chi connectivity index (χ3n) is 2.83. The van der Waals surface area contributed by atoms with E-state index in [1.165, 1.54) is 13.8 Å². The number of alkyl halides is 1. The molecule has 0 rings (SSSR count). The average molecular weight is 323 g/mol. The van der Waals surface area contributed by atoms with Gasteiger partial charge >= 0.3 is 5.97 Å². The molecule has 0 radical (unpaired) electrons. The number of unbranched alkanes of at least 4 members (excludes halogenated alkanes) is 4. The van der Waals surface area contributed by atoms with Crippen LogP contribution in [0.3, 0.4) is 0 Å². The molecule has 0 fully saturated rings. The van der Waals surface area contributed by atoms with Crippen LogP contribution < -0.4 is 4.72 Å². The lowest BCUT2D eigenvalue weighted by atomic mass is 10.1. The molecular weight excluding hydrogens is 297 g/mol. The molecular formula is C14H26FNO4S. The van der Waals surface area contributed by atoms with Gasteiger partial charge in [0.15, 0.2) is 6.23 Å². The van der Waals surface area contributed by atoms with Gasteiger partial charge in [0.25, 0.3) is 0 Å². The number of hydrogen-bond acceptors (Lipinski definition) is 4. The van der Waals surface area contributed by atoms with E-state index in [9.17, 15) is 17.6 Å². The lowest BCUT2D eigenvalue weighted by Crippen LogP contribution is -2.40. The van der Waals surface area contributed by atoms with Crippen molar-refractivity contribution in [1.82, 2.24) is 4.72 Å². The molecule has 0 saturated carbocycles. The Kier molecular flexibility index (Phi) is 9.44. The normalized spacial score (nSPS) is 14.5. The lowest BCUT2D eigenvalue weighted by Gasteiger charge is -2.17. The number of carbonyl (C=O) groups is 1. The van der Waals surface area contributed by atoms with Crippen LogP contribution in [0.2, 0.25) is 0 Å². The van der Waals surface area contributed by atoms with Crippen LogP contribution in [0, 0.1) is 0 Å². The Balaban J connectivity index is 4.21. The van der Waals surface area contributed by atoms with Crippen LogP contribution in [0.15, 0.2) is 12.2 Å². The van der Waals surface area contributed by atoms with Crippen LogP contribution >= 0.6 is 0 Å². The minimum absolute atomic E-state index is 0.0554. The van der Waals surface area contributed by atoms with Crippen molar-refractivity contribution in [3.05, 3.63) is 12.2 Å². The van der Waals surface area contributed by atoms with Crippen molar-refractivity contribution in [2.75, 3.05) is 0 Å². The van der Waals surface area contributed by atoms with E-state index < -0.39 is 27.7 Å². The molecule has 124 valence electrons. The van der Waals surface area contributed by atoms with Crippen LogP contribution in [-0.4, -0.2) is 26.1 Å². The molecule has 0 saturated heterocycles. The smallest absolute Gasteiger partial charge is 0.334 e. The summed E-state index contributed by atoms with van der Waals surface area (Å²) in [6.45, 7) is 8.22. The average Bonchev–Trinajstić information content (AvgIpc) is 2.37. The first-order chi connectivity index (χ1) is 9.70. The van der Waals surface area contributed by atoms with Crippen LogP contribution in [0.5, 0.6) is 0 Å². The second-order valence-electron chi connectivity index (χ2n) is 5.10. The van der Waals surface area contributed by atoms with Crippen molar-refractivity contribution in [2.45, 2.75) is 71.0 Å². The third kappa shape index (κ3) is 8.83. The van der Waals surface area contributed by atoms with Gasteiger partial charge in [-0.1, -0.05) is 39.2 Å². The zero-order valence-corrected chi connectivity index (χ0v) is 13.8. The molecule has 0 amide bonds. The molecule has 0 aliphatic rings. The van der Waals surface area contributed by atoms with Gasteiger partial charge in [0.1, 0.15) is 0 Å². The molecule has 0 bridgehead atoms. The van der Waals surface area contributed by atoms with Gasteiger partial charge in [0.05, 0.1) is 0 Å². The maximum atomic E-state index is 13.7. The van der Waals surface area contributed by atoms with Crippen molar-refractivity contribution in [2.24, 2.45) is 0 Å². The fourth-order valence-corrected chi connectivity index (χ4v) is 2.79. The first-order valence-electron chi connectivity index (χ1n) is 7.22. The summed E-state index contributed by atoms with van der Waals surface area (Å²) in [5.41, 5.74) is -1.85. The number of rotatable bonds is 11. The van der Waals surface area contributed by atoms with Gasteiger partial charge in [-0.2, -0.15) is 4.72 Å². The molecule has 7 heteroatoms. The number of hydrogen-bond donors (Lipinski definition) is 1. The maximum Gasteiger partial charge on any atom is 0.334 e. The number of carbonyl (C=O) groups excluding carboxylic acids is 1. The van der Waals surface area contributed by atoms with Crippen LogP contribution in [0.25, 0.3) is 0 Å². The van der Waals surface area contributed by atoms with Gasteiger partial charge in [-0.3, -0.25) is 0 Å². The second kappa shape index (κ2) is 9.89. The highest BCUT2D eigenvalue weighted by molar-refractivity contribution is 7.89. The highest BCUT2D eigenvalue weighted by Crippen LogP contribution is 2.14. The second-order valence-corrected chi connectivity index (χ2v) is 6.94. The van der Waals surface area contributed by atoms with Gasteiger partial charge in [0, 0.05) is 5.57 Å². The van der Waals surface area contributed by atoms with E-state index in [0.717, 1.165) is 25.7 Å². The van der Waals surface area contributed by atoms with Crippen molar-refractivity contribution < 1.29 is 22.3 Å². The Bertz CT molecular complexity index is 436. The monoisotopic (exact) mass is 323 g/mol. The van der Waals surface area contributed by atoms with E-state index in [4.69, 9.17) is 4.74 Å². The Morgan fingerprint density at radius 1 is 1.29 bits per heavy atom. The molecule has 0 aromatic heterocycles. The topological polar surface area (TPSA) is 72.5 Å². The molecule has 0 aliphatic heterocycles. The highest BCUT2D eigenvalue weighted by atomic mass is 32.2. The van der Waals surface area contributed by atoms with E-state index in [0.29, 0.717) is 6.42 Å². The maximum absolute atomic E-state index is 13.7. The molecule has 0 spiro atoms. The summed E-state index contributed by atoms with van der Waals surface area (Å²) in [5, 5.41) is 0. The SMILES string of the molecule is C=C(C)C(=O)OC(C)NS(=O)(=O)C(F)CCCCCCC. The molecule has 1 N–H and O–H groups in total. The summed E-state index contributed by atoms with van der Waals surface area (Å²) in [6.07, 6.45) is 3.26. The highest BCUT2D eigenvalue weighted by Gasteiger charge is 2.27. The molecule has 5 nitrogen and oxygen atoms in total.